The highest BCUT2D eigenvalue weighted by atomic mass is 28.3. The Labute approximate surface area is 108 Å². The fourth-order valence-corrected chi connectivity index (χ4v) is 4.59. The maximum absolute atomic E-state index is 5.78. The van der Waals surface area contributed by atoms with Crippen LogP contribution in [0.15, 0.2) is 0 Å². The first kappa shape index (κ1) is 15.1. The highest BCUT2D eigenvalue weighted by Crippen LogP contribution is 2.14. The first-order valence-corrected chi connectivity index (χ1v) is 8.75. The summed E-state index contributed by atoms with van der Waals surface area (Å²) in [5.74, 6) is 0. The third-order valence-corrected chi connectivity index (χ3v) is 5.65. The van der Waals surface area contributed by atoms with Gasteiger partial charge in [-0.1, -0.05) is 6.92 Å². The van der Waals surface area contributed by atoms with Crippen LogP contribution in [0.2, 0.25) is 6.04 Å². The second kappa shape index (κ2) is 9.05. The Kier molecular flexibility index (Phi) is 8.05. The van der Waals surface area contributed by atoms with Crippen LogP contribution < -0.4 is 5.32 Å². The van der Waals surface area contributed by atoms with Crippen molar-refractivity contribution in [2.45, 2.75) is 39.3 Å². The Morgan fingerprint density at radius 2 is 1.71 bits per heavy atom. The average Bonchev–Trinajstić information content (AvgIpc) is 2.37. The number of piperazine rings is 1. The smallest absolute Gasteiger partial charge is 0.322 e. The molecule has 17 heavy (non-hydrogen) atoms. The molecule has 1 N–H and O–H groups in total. The molecule has 1 aliphatic rings. The van der Waals surface area contributed by atoms with Crippen molar-refractivity contribution in [3.63, 3.8) is 0 Å². The van der Waals surface area contributed by atoms with Gasteiger partial charge in [0.15, 0.2) is 0 Å². The fourth-order valence-electron chi connectivity index (χ4n) is 2.40. The van der Waals surface area contributed by atoms with Gasteiger partial charge in [-0.3, -0.25) is 4.90 Å². The van der Waals surface area contributed by atoms with Crippen LogP contribution in [0.5, 0.6) is 0 Å². The fraction of sp³-hybridized carbons (Fsp3) is 1.00. The minimum atomic E-state index is -1.44. The van der Waals surface area contributed by atoms with Crippen molar-refractivity contribution in [3.8, 4) is 0 Å². The number of hydrogen-bond donors (Lipinski definition) is 1. The predicted molar refractivity (Wildman–Crippen MR) is 73.7 cm³/mol. The van der Waals surface area contributed by atoms with Crippen molar-refractivity contribution in [2.75, 3.05) is 39.4 Å². The highest BCUT2D eigenvalue weighted by Gasteiger charge is 2.24. The minimum absolute atomic E-state index is 0.645. The topological polar surface area (TPSA) is 33.7 Å². The third kappa shape index (κ3) is 5.48. The Morgan fingerprint density at radius 3 is 2.18 bits per heavy atom. The molecule has 1 rings (SSSR count). The quantitative estimate of drug-likeness (QED) is 0.659. The minimum Gasteiger partial charge on any atom is -0.397 e. The van der Waals surface area contributed by atoms with Gasteiger partial charge in [-0.15, -0.1) is 0 Å². The summed E-state index contributed by atoms with van der Waals surface area (Å²) in [6, 6.07) is 1.77. The van der Waals surface area contributed by atoms with E-state index in [2.05, 4.69) is 31.0 Å². The van der Waals surface area contributed by atoms with Crippen LogP contribution in [0, 0.1) is 0 Å². The van der Waals surface area contributed by atoms with E-state index in [0.29, 0.717) is 6.04 Å². The number of hydrogen-bond acceptors (Lipinski definition) is 4. The first-order valence-electron chi connectivity index (χ1n) is 6.99. The summed E-state index contributed by atoms with van der Waals surface area (Å²) in [6.07, 6.45) is 1.20. The second-order valence-electron chi connectivity index (χ2n) is 4.42. The molecule has 0 aromatic rings. The number of nitrogens with zero attached hydrogens (tertiary/aromatic N) is 1. The summed E-state index contributed by atoms with van der Waals surface area (Å²) in [7, 11) is -1.44. The van der Waals surface area contributed by atoms with Crippen molar-refractivity contribution in [2.24, 2.45) is 0 Å². The number of nitrogens with one attached hydrogen (secondary N) is 1. The van der Waals surface area contributed by atoms with Gasteiger partial charge in [-0.25, -0.2) is 0 Å². The van der Waals surface area contributed by atoms with Crippen molar-refractivity contribution < 1.29 is 8.85 Å². The predicted octanol–water partition coefficient (Wildman–Crippen LogP) is 0.964. The van der Waals surface area contributed by atoms with E-state index < -0.39 is 9.28 Å². The molecule has 0 aromatic carbocycles. The van der Waals surface area contributed by atoms with E-state index in [1.807, 2.05) is 0 Å². The molecule has 0 spiro atoms. The summed E-state index contributed by atoms with van der Waals surface area (Å²) >= 11 is 0. The van der Waals surface area contributed by atoms with Gasteiger partial charge in [-0.2, -0.15) is 0 Å². The summed E-state index contributed by atoms with van der Waals surface area (Å²) < 4.78 is 11.6. The van der Waals surface area contributed by atoms with E-state index in [-0.39, 0.29) is 0 Å². The third-order valence-electron chi connectivity index (χ3n) is 3.31. The van der Waals surface area contributed by atoms with E-state index >= 15 is 0 Å². The molecule has 0 aromatic heterocycles. The van der Waals surface area contributed by atoms with Gasteiger partial charge in [0.05, 0.1) is 0 Å². The van der Waals surface area contributed by atoms with Crippen LogP contribution >= 0.6 is 0 Å². The molecular weight excluding hydrogens is 232 g/mol. The molecule has 1 unspecified atom stereocenters. The van der Waals surface area contributed by atoms with Crippen molar-refractivity contribution in [1.82, 2.24) is 10.2 Å². The van der Waals surface area contributed by atoms with Crippen LogP contribution in [0.25, 0.3) is 0 Å². The lowest BCUT2D eigenvalue weighted by Crippen LogP contribution is -2.49. The Hall–Kier alpha value is 0.0569. The Morgan fingerprint density at radius 1 is 1.12 bits per heavy atom. The molecule has 0 aliphatic carbocycles. The van der Waals surface area contributed by atoms with Gasteiger partial charge in [0.1, 0.15) is 0 Å². The lowest BCUT2D eigenvalue weighted by Gasteiger charge is -2.35. The van der Waals surface area contributed by atoms with Crippen LogP contribution in [0.3, 0.4) is 0 Å². The summed E-state index contributed by atoms with van der Waals surface area (Å²) in [5.41, 5.74) is 0. The van der Waals surface area contributed by atoms with Gasteiger partial charge in [0.25, 0.3) is 0 Å². The van der Waals surface area contributed by atoms with Crippen molar-refractivity contribution >= 4 is 9.28 Å². The molecule has 1 aliphatic heterocycles. The molecular formula is C12H28N2O2Si. The zero-order chi connectivity index (χ0) is 12.5. The van der Waals surface area contributed by atoms with Crippen LogP contribution in [-0.2, 0) is 8.85 Å². The van der Waals surface area contributed by atoms with Gasteiger partial charge >= 0.3 is 9.28 Å². The largest absolute Gasteiger partial charge is 0.397 e. The van der Waals surface area contributed by atoms with E-state index in [4.69, 9.17) is 8.85 Å². The van der Waals surface area contributed by atoms with Gasteiger partial charge in [0, 0.05) is 51.5 Å². The zero-order valence-electron chi connectivity index (χ0n) is 11.6. The van der Waals surface area contributed by atoms with Crippen LogP contribution in [-0.4, -0.2) is 59.6 Å². The van der Waals surface area contributed by atoms with Crippen molar-refractivity contribution in [1.29, 1.82) is 0 Å². The van der Waals surface area contributed by atoms with Crippen LogP contribution in [0.4, 0.5) is 0 Å². The maximum Gasteiger partial charge on any atom is 0.322 e. The van der Waals surface area contributed by atoms with E-state index in [0.717, 1.165) is 45.4 Å². The number of rotatable bonds is 8. The molecule has 4 nitrogen and oxygen atoms in total. The summed E-state index contributed by atoms with van der Waals surface area (Å²) in [6.45, 7) is 12.5. The summed E-state index contributed by atoms with van der Waals surface area (Å²) in [4.78, 5) is 2.59. The molecule has 0 saturated carbocycles. The molecule has 1 atom stereocenters. The van der Waals surface area contributed by atoms with Gasteiger partial charge < -0.3 is 14.2 Å². The Bertz CT molecular complexity index is 183. The molecule has 1 heterocycles. The lowest BCUT2D eigenvalue weighted by molar-refractivity contribution is 0.157. The van der Waals surface area contributed by atoms with Gasteiger partial charge in [0.2, 0.25) is 0 Å². The standard InChI is InChI=1S/C12H28N2O2Si/c1-4-12(14-9-7-13-8-10-14)11-17(15-5-2)16-6-3/h12-13,17H,4-11H2,1-3H3. The molecule has 1 fully saturated rings. The van der Waals surface area contributed by atoms with Crippen LogP contribution in [0.1, 0.15) is 27.2 Å². The monoisotopic (exact) mass is 260 g/mol. The average molecular weight is 260 g/mol. The zero-order valence-corrected chi connectivity index (χ0v) is 12.7. The van der Waals surface area contributed by atoms with Gasteiger partial charge in [-0.05, 0) is 20.3 Å². The molecule has 0 amide bonds. The summed E-state index contributed by atoms with van der Waals surface area (Å²) in [5, 5.41) is 3.40. The molecule has 102 valence electrons. The lowest BCUT2D eigenvalue weighted by atomic mass is 10.2. The molecule has 0 bridgehead atoms. The molecule has 0 radical (unpaired) electrons. The van der Waals surface area contributed by atoms with E-state index in [9.17, 15) is 0 Å². The molecule has 1 saturated heterocycles. The highest BCUT2D eigenvalue weighted by molar-refractivity contribution is 6.44. The first-order chi connectivity index (χ1) is 8.31. The SMILES string of the molecule is CCO[SiH](CC(CC)N1CCNCC1)OCC. The maximum atomic E-state index is 5.78. The van der Waals surface area contributed by atoms with Crippen molar-refractivity contribution in [3.05, 3.63) is 0 Å². The normalized spacial score (nSPS) is 19.8. The second-order valence-corrected chi connectivity index (χ2v) is 6.42. The van der Waals surface area contributed by atoms with E-state index in [1.54, 1.807) is 0 Å². The Balaban J connectivity index is 2.41. The van der Waals surface area contributed by atoms with E-state index in [1.165, 1.54) is 6.42 Å². The molecule has 5 heteroatoms.